The Bertz CT molecular complexity index is 1100. The highest BCUT2D eigenvalue weighted by Gasteiger charge is 2.36. The van der Waals surface area contributed by atoms with Crippen LogP contribution in [-0.4, -0.2) is 28.2 Å². The summed E-state index contributed by atoms with van der Waals surface area (Å²) in [6, 6.07) is 4.35. The number of phenolic OH excluding ortho intramolecular Hbond substituents is 3. The zero-order valence-electron chi connectivity index (χ0n) is 19.2. The summed E-state index contributed by atoms with van der Waals surface area (Å²) in [6.07, 6.45) is 4.22. The number of phenols is 3. The molecule has 3 N–H and O–H groups in total. The van der Waals surface area contributed by atoms with Gasteiger partial charge in [0.05, 0.1) is 13.5 Å². The summed E-state index contributed by atoms with van der Waals surface area (Å²) in [5.41, 5.74) is 4.16. The largest absolute Gasteiger partial charge is 0.507 e. The first-order chi connectivity index (χ1) is 15.1. The molecule has 32 heavy (non-hydrogen) atoms. The van der Waals surface area contributed by atoms with Crippen molar-refractivity contribution in [2.24, 2.45) is 0 Å². The van der Waals surface area contributed by atoms with Gasteiger partial charge in [0.15, 0.2) is 17.3 Å². The van der Waals surface area contributed by atoms with Gasteiger partial charge in [-0.3, -0.25) is 4.79 Å². The van der Waals surface area contributed by atoms with E-state index in [1.54, 1.807) is 13.2 Å². The number of Topliss-reactive ketones (excluding diaryl/α,β-unsaturated/α-hetero) is 1. The monoisotopic (exact) mass is 438 g/mol. The lowest BCUT2D eigenvalue weighted by atomic mass is 9.89. The minimum absolute atomic E-state index is 0.00126. The molecule has 0 bridgehead atoms. The molecule has 0 fully saturated rings. The summed E-state index contributed by atoms with van der Waals surface area (Å²) in [4.78, 5) is 13.2. The molecule has 0 amide bonds. The molecule has 6 heteroatoms. The number of rotatable bonds is 6. The third-order valence-corrected chi connectivity index (χ3v) is 5.49. The summed E-state index contributed by atoms with van der Waals surface area (Å²) in [5.74, 6) is -0.103. The Hall–Kier alpha value is -3.41. The van der Waals surface area contributed by atoms with E-state index in [9.17, 15) is 20.1 Å². The molecule has 0 saturated heterocycles. The summed E-state index contributed by atoms with van der Waals surface area (Å²) in [5, 5.41) is 30.6. The first kappa shape index (κ1) is 23.3. The number of carbonyl (C=O) groups excluding carboxylic acids is 1. The quantitative estimate of drug-likeness (QED) is 0.405. The van der Waals surface area contributed by atoms with Gasteiger partial charge in [-0.05, 0) is 58.2 Å². The lowest BCUT2D eigenvalue weighted by molar-refractivity contribution is 0.0841. The van der Waals surface area contributed by atoms with Crippen LogP contribution in [-0.2, 0) is 12.8 Å². The van der Waals surface area contributed by atoms with E-state index in [-0.39, 0.29) is 35.0 Å². The molecule has 3 rings (SSSR count). The molecular weight excluding hydrogens is 408 g/mol. The van der Waals surface area contributed by atoms with Crippen molar-refractivity contribution in [3.63, 3.8) is 0 Å². The maximum absolute atomic E-state index is 13.2. The highest BCUT2D eigenvalue weighted by Crippen LogP contribution is 2.49. The number of benzene rings is 2. The van der Waals surface area contributed by atoms with Crippen LogP contribution in [0.1, 0.15) is 67.3 Å². The van der Waals surface area contributed by atoms with Gasteiger partial charge in [-0.25, -0.2) is 0 Å². The second-order valence-electron chi connectivity index (χ2n) is 8.50. The van der Waals surface area contributed by atoms with Crippen LogP contribution in [0.25, 0.3) is 0 Å². The minimum Gasteiger partial charge on any atom is -0.507 e. The highest BCUT2D eigenvalue weighted by atomic mass is 16.5. The third-order valence-electron chi connectivity index (χ3n) is 5.49. The van der Waals surface area contributed by atoms with Gasteiger partial charge in [-0.1, -0.05) is 29.4 Å². The molecular formula is C26H30O6. The maximum atomic E-state index is 13.2. The number of ether oxygens (including phenoxy) is 2. The lowest BCUT2D eigenvalue weighted by Crippen LogP contribution is -2.22. The smallest absolute Gasteiger partial charge is 0.174 e. The molecule has 0 radical (unpaired) electrons. The Labute approximate surface area is 188 Å². The van der Waals surface area contributed by atoms with E-state index in [2.05, 4.69) is 0 Å². The van der Waals surface area contributed by atoms with Gasteiger partial charge in [-0.2, -0.15) is 0 Å². The Morgan fingerprint density at radius 2 is 1.66 bits per heavy atom. The van der Waals surface area contributed by atoms with Crippen molar-refractivity contribution in [1.82, 2.24) is 0 Å². The van der Waals surface area contributed by atoms with Gasteiger partial charge in [-0.15, -0.1) is 0 Å². The molecule has 1 heterocycles. The van der Waals surface area contributed by atoms with Gasteiger partial charge in [0.25, 0.3) is 0 Å². The van der Waals surface area contributed by atoms with E-state index >= 15 is 0 Å². The third kappa shape index (κ3) is 4.59. The van der Waals surface area contributed by atoms with Crippen LogP contribution in [0, 0.1) is 0 Å². The molecule has 0 unspecified atom stereocenters. The predicted molar refractivity (Wildman–Crippen MR) is 123 cm³/mol. The molecule has 0 spiro atoms. The summed E-state index contributed by atoms with van der Waals surface area (Å²) >= 11 is 0. The Kier molecular flexibility index (Phi) is 6.82. The molecule has 0 saturated carbocycles. The number of fused-ring (bicyclic) bond motifs is 1. The molecule has 1 aliphatic rings. The fourth-order valence-corrected chi connectivity index (χ4v) is 3.81. The van der Waals surface area contributed by atoms with Crippen LogP contribution < -0.4 is 9.47 Å². The van der Waals surface area contributed by atoms with E-state index in [0.29, 0.717) is 41.0 Å². The van der Waals surface area contributed by atoms with Crippen LogP contribution in [0.5, 0.6) is 28.7 Å². The SMILES string of the molecule is COc1c(CC=C(C)C)c(O)c2c(c1CC=C(C)C)O[C@H](c1ccc(O)c(O)c1)CC2=O. The zero-order chi connectivity index (χ0) is 23.6. The molecule has 170 valence electrons. The van der Waals surface area contributed by atoms with E-state index in [1.807, 2.05) is 39.8 Å². The van der Waals surface area contributed by atoms with Gasteiger partial charge >= 0.3 is 0 Å². The van der Waals surface area contributed by atoms with Crippen molar-refractivity contribution in [1.29, 1.82) is 0 Å². The number of aromatic hydroxyl groups is 3. The number of ketones is 1. The molecule has 2 aromatic carbocycles. The number of carbonyl (C=O) groups is 1. The molecule has 6 nitrogen and oxygen atoms in total. The van der Waals surface area contributed by atoms with E-state index in [1.165, 1.54) is 12.1 Å². The number of hydrogen-bond acceptors (Lipinski definition) is 6. The topological polar surface area (TPSA) is 96.2 Å². The standard InChI is InChI=1S/C26H30O6/c1-14(2)6-9-17-24(30)23-21(29)13-22(16-8-11-19(27)20(28)12-16)32-26(23)18(25(17)31-5)10-7-15(3)4/h6-8,11-12,22,27-28,30H,9-10,13H2,1-5H3/t22-/m0/s1. The number of allylic oxidation sites excluding steroid dienone is 4. The summed E-state index contributed by atoms with van der Waals surface area (Å²) < 4.78 is 12.0. The van der Waals surface area contributed by atoms with Crippen molar-refractivity contribution < 1.29 is 29.6 Å². The van der Waals surface area contributed by atoms with Crippen LogP contribution in [0.2, 0.25) is 0 Å². The van der Waals surface area contributed by atoms with E-state index in [4.69, 9.17) is 9.47 Å². The average molecular weight is 439 g/mol. The van der Waals surface area contributed by atoms with Crippen molar-refractivity contribution >= 4 is 5.78 Å². The van der Waals surface area contributed by atoms with Gasteiger partial charge in [0.2, 0.25) is 0 Å². The van der Waals surface area contributed by atoms with E-state index in [0.717, 1.165) is 11.1 Å². The fraction of sp³-hybridized carbons (Fsp3) is 0.346. The normalized spacial score (nSPS) is 14.9. The number of hydrogen-bond donors (Lipinski definition) is 3. The maximum Gasteiger partial charge on any atom is 0.174 e. The molecule has 2 aromatic rings. The zero-order valence-corrected chi connectivity index (χ0v) is 19.2. The van der Waals surface area contributed by atoms with E-state index < -0.39 is 6.10 Å². The van der Waals surface area contributed by atoms with Crippen LogP contribution in [0.4, 0.5) is 0 Å². The first-order valence-electron chi connectivity index (χ1n) is 10.6. The van der Waals surface area contributed by atoms with Gasteiger partial charge in [0.1, 0.15) is 28.9 Å². The minimum atomic E-state index is -0.667. The van der Waals surface area contributed by atoms with Crippen LogP contribution in [0.15, 0.2) is 41.5 Å². The Morgan fingerprint density at radius 1 is 1.03 bits per heavy atom. The summed E-state index contributed by atoms with van der Waals surface area (Å²) in [6.45, 7) is 7.91. The number of methoxy groups -OCH3 is 1. The lowest BCUT2D eigenvalue weighted by Gasteiger charge is -2.30. The molecule has 1 aliphatic heterocycles. The van der Waals surface area contributed by atoms with Gasteiger partial charge in [0, 0.05) is 11.1 Å². The van der Waals surface area contributed by atoms with Gasteiger partial charge < -0.3 is 24.8 Å². The van der Waals surface area contributed by atoms with Crippen LogP contribution >= 0.6 is 0 Å². The second-order valence-corrected chi connectivity index (χ2v) is 8.50. The van der Waals surface area contributed by atoms with Crippen LogP contribution in [0.3, 0.4) is 0 Å². The average Bonchev–Trinajstić information content (AvgIpc) is 2.73. The van der Waals surface area contributed by atoms with Crippen molar-refractivity contribution in [3.05, 3.63) is 63.8 Å². The second kappa shape index (κ2) is 9.39. The molecule has 0 aliphatic carbocycles. The Morgan fingerprint density at radius 3 is 2.22 bits per heavy atom. The van der Waals surface area contributed by atoms with Crippen molar-refractivity contribution in [2.75, 3.05) is 7.11 Å². The van der Waals surface area contributed by atoms with Crippen molar-refractivity contribution in [3.8, 4) is 28.7 Å². The molecule has 1 atom stereocenters. The Balaban J connectivity index is 2.21. The fourth-order valence-electron chi connectivity index (χ4n) is 3.81. The van der Waals surface area contributed by atoms with Crippen molar-refractivity contribution in [2.45, 2.75) is 53.1 Å². The predicted octanol–water partition coefficient (Wildman–Crippen LogP) is 5.54. The highest BCUT2D eigenvalue weighted by molar-refractivity contribution is 6.04. The molecule has 0 aromatic heterocycles. The summed E-state index contributed by atoms with van der Waals surface area (Å²) in [7, 11) is 1.54. The first-order valence-corrected chi connectivity index (χ1v) is 10.6.